The Balaban J connectivity index is 2.38. The third kappa shape index (κ3) is 8.11. The molecule has 1 aromatic rings. The van der Waals surface area contributed by atoms with E-state index in [4.69, 9.17) is 0 Å². The molecule has 7 nitrogen and oxygen atoms in total. The second-order valence-electron chi connectivity index (χ2n) is 7.68. The summed E-state index contributed by atoms with van der Waals surface area (Å²) in [5, 5.41) is 8.23. The monoisotopic (exact) mass is 363 g/mol. The Hall–Kier alpha value is -2.41. The average molecular weight is 363 g/mol. The van der Waals surface area contributed by atoms with Gasteiger partial charge in [-0.15, -0.1) is 0 Å². The topological polar surface area (TPSA) is 91.7 Å². The number of hydrogen-bond donors (Lipinski definition) is 4. The number of benzene rings is 1. The Morgan fingerprint density at radius 2 is 1.62 bits per heavy atom. The van der Waals surface area contributed by atoms with Crippen LogP contribution in [-0.2, 0) is 14.4 Å². The minimum atomic E-state index is -0.300. The molecule has 0 aliphatic heterocycles. The summed E-state index contributed by atoms with van der Waals surface area (Å²) in [6.45, 7) is 9.83. The second kappa shape index (κ2) is 9.33. The molecule has 144 valence electrons. The molecule has 26 heavy (non-hydrogen) atoms. The smallest absolute Gasteiger partial charge is 0.275 e. The highest BCUT2D eigenvalue weighted by Gasteiger charge is 2.19. The SMILES string of the molecule is Cc1cccc(NC(=O)CNC(=O)C[NH+](C)CC(=O)NC(C)(C)C)c1C. The van der Waals surface area contributed by atoms with Gasteiger partial charge in [-0.3, -0.25) is 14.4 Å². The van der Waals surface area contributed by atoms with Crippen LogP contribution in [0.2, 0.25) is 0 Å². The first kappa shape index (κ1) is 21.6. The normalized spacial score (nSPS) is 12.2. The van der Waals surface area contributed by atoms with Crippen LogP contribution in [0, 0.1) is 13.8 Å². The summed E-state index contributed by atoms with van der Waals surface area (Å²) in [7, 11) is 1.76. The fourth-order valence-corrected chi connectivity index (χ4v) is 2.40. The van der Waals surface area contributed by atoms with E-state index in [1.165, 1.54) is 0 Å². The van der Waals surface area contributed by atoms with E-state index in [-0.39, 0.29) is 42.9 Å². The number of nitrogens with one attached hydrogen (secondary N) is 4. The lowest BCUT2D eigenvalue weighted by molar-refractivity contribution is -0.862. The zero-order valence-corrected chi connectivity index (χ0v) is 16.6. The van der Waals surface area contributed by atoms with Crippen molar-refractivity contribution < 1.29 is 19.3 Å². The second-order valence-corrected chi connectivity index (χ2v) is 7.68. The first-order valence-corrected chi connectivity index (χ1v) is 8.73. The van der Waals surface area contributed by atoms with Crippen molar-refractivity contribution in [1.82, 2.24) is 10.6 Å². The lowest BCUT2D eigenvalue weighted by atomic mass is 10.1. The van der Waals surface area contributed by atoms with Crippen molar-refractivity contribution in [3.8, 4) is 0 Å². The number of hydrogen-bond acceptors (Lipinski definition) is 3. The maximum atomic E-state index is 12.0. The van der Waals surface area contributed by atoms with Gasteiger partial charge in [-0.05, 0) is 51.8 Å². The summed E-state index contributed by atoms with van der Waals surface area (Å²) in [4.78, 5) is 36.6. The number of amides is 3. The molecular formula is C19H31N4O3+. The summed E-state index contributed by atoms with van der Waals surface area (Å²) in [6.07, 6.45) is 0. The molecule has 1 aromatic carbocycles. The minimum Gasteiger partial charge on any atom is -0.347 e. The molecule has 0 spiro atoms. The highest BCUT2D eigenvalue weighted by atomic mass is 16.2. The molecule has 1 unspecified atom stereocenters. The summed E-state index contributed by atoms with van der Waals surface area (Å²) in [6, 6.07) is 5.67. The van der Waals surface area contributed by atoms with Gasteiger partial charge in [-0.2, -0.15) is 0 Å². The third-order valence-electron chi connectivity index (χ3n) is 3.76. The fourth-order valence-electron chi connectivity index (χ4n) is 2.40. The van der Waals surface area contributed by atoms with E-state index in [2.05, 4.69) is 16.0 Å². The van der Waals surface area contributed by atoms with E-state index in [0.29, 0.717) is 0 Å². The number of anilines is 1. The fraction of sp³-hybridized carbons (Fsp3) is 0.526. The quantitative estimate of drug-likeness (QED) is 0.540. The van der Waals surface area contributed by atoms with Crippen LogP contribution in [-0.4, -0.2) is 49.9 Å². The summed E-state index contributed by atoms with van der Waals surface area (Å²) >= 11 is 0. The molecule has 0 fully saturated rings. The van der Waals surface area contributed by atoms with E-state index in [1.807, 2.05) is 52.8 Å². The Morgan fingerprint density at radius 3 is 2.23 bits per heavy atom. The Kier molecular flexibility index (Phi) is 7.76. The van der Waals surface area contributed by atoms with Gasteiger partial charge in [0.2, 0.25) is 5.91 Å². The summed E-state index contributed by atoms with van der Waals surface area (Å²) in [5.41, 5.74) is 2.53. The van der Waals surface area contributed by atoms with Crippen molar-refractivity contribution >= 4 is 23.4 Å². The Morgan fingerprint density at radius 1 is 1.00 bits per heavy atom. The van der Waals surface area contributed by atoms with Gasteiger partial charge >= 0.3 is 0 Å². The van der Waals surface area contributed by atoms with E-state index in [0.717, 1.165) is 21.7 Å². The predicted octanol–water partition coefficient (Wildman–Crippen LogP) is -0.212. The van der Waals surface area contributed by atoms with Gasteiger partial charge < -0.3 is 20.9 Å². The molecule has 7 heteroatoms. The zero-order chi connectivity index (χ0) is 19.9. The highest BCUT2D eigenvalue weighted by molar-refractivity contribution is 5.95. The molecule has 1 atom stereocenters. The molecule has 0 aromatic heterocycles. The molecular weight excluding hydrogens is 332 g/mol. The third-order valence-corrected chi connectivity index (χ3v) is 3.76. The van der Waals surface area contributed by atoms with Crippen molar-refractivity contribution in [3.05, 3.63) is 29.3 Å². The van der Waals surface area contributed by atoms with Gasteiger partial charge in [0.15, 0.2) is 13.1 Å². The maximum absolute atomic E-state index is 12.0. The summed E-state index contributed by atoms with van der Waals surface area (Å²) < 4.78 is 0. The maximum Gasteiger partial charge on any atom is 0.275 e. The molecule has 0 saturated carbocycles. The molecule has 0 radical (unpaired) electrons. The molecule has 0 heterocycles. The Labute approximate surface area is 155 Å². The molecule has 0 aliphatic rings. The lowest BCUT2D eigenvalue weighted by Gasteiger charge is -2.21. The molecule has 4 N–H and O–H groups in total. The van der Waals surface area contributed by atoms with Crippen LogP contribution in [0.4, 0.5) is 5.69 Å². The average Bonchev–Trinajstić information content (AvgIpc) is 2.47. The molecule has 3 amide bonds. The number of carbonyl (C=O) groups is 3. The van der Waals surface area contributed by atoms with E-state index >= 15 is 0 Å². The van der Waals surface area contributed by atoms with E-state index < -0.39 is 0 Å². The van der Waals surface area contributed by atoms with E-state index in [9.17, 15) is 14.4 Å². The standard InChI is InChI=1S/C19H30N4O3/c1-13-8-7-9-15(14(13)2)21-16(24)10-20-17(25)11-23(6)12-18(26)22-19(3,4)5/h7-9H,10-12H2,1-6H3,(H,20,25)(H,21,24)(H,22,26)/p+1. The molecule has 1 rings (SSSR count). The van der Waals surface area contributed by atoms with Crippen molar-refractivity contribution in [2.75, 3.05) is 32.0 Å². The number of likely N-dealkylation sites (N-methyl/N-ethyl adjacent to an activating group) is 1. The van der Waals surface area contributed by atoms with Gasteiger partial charge in [0.25, 0.3) is 11.8 Å². The van der Waals surface area contributed by atoms with Gasteiger partial charge in [0.05, 0.1) is 13.6 Å². The van der Waals surface area contributed by atoms with Crippen LogP contribution in [0.3, 0.4) is 0 Å². The lowest BCUT2D eigenvalue weighted by Crippen LogP contribution is -3.11. The van der Waals surface area contributed by atoms with Gasteiger partial charge in [-0.25, -0.2) is 0 Å². The molecule has 0 saturated heterocycles. The van der Waals surface area contributed by atoms with Crippen LogP contribution in [0.1, 0.15) is 31.9 Å². The minimum absolute atomic E-state index is 0.103. The van der Waals surface area contributed by atoms with Crippen LogP contribution in [0.15, 0.2) is 18.2 Å². The van der Waals surface area contributed by atoms with Crippen molar-refractivity contribution in [3.63, 3.8) is 0 Å². The first-order chi connectivity index (χ1) is 12.0. The number of quaternary nitrogens is 1. The van der Waals surface area contributed by atoms with Gasteiger partial charge in [-0.1, -0.05) is 12.1 Å². The van der Waals surface area contributed by atoms with Crippen LogP contribution >= 0.6 is 0 Å². The Bertz CT molecular complexity index is 665. The van der Waals surface area contributed by atoms with Crippen LogP contribution in [0.25, 0.3) is 0 Å². The van der Waals surface area contributed by atoms with Crippen LogP contribution in [0.5, 0.6) is 0 Å². The van der Waals surface area contributed by atoms with Crippen molar-refractivity contribution in [2.45, 2.75) is 40.2 Å². The van der Waals surface area contributed by atoms with Crippen molar-refractivity contribution in [1.29, 1.82) is 0 Å². The number of rotatable bonds is 7. The highest BCUT2D eigenvalue weighted by Crippen LogP contribution is 2.17. The predicted molar refractivity (Wildman–Crippen MR) is 102 cm³/mol. The first-order valence-electron chi connectivity index (χ1n) is 8.73. The van der Waals surface area contributed by atoms with Gasteiger partial charge in [0, 0.05) is 11.2 Å². The molecule has 0 aliphatic carbocycles. The van der Waals surface area contributed by atoms with E-state index in [1.54, 1.807) is 7.05 Å². The zero-order valence-electron chi connectivity index (χ0n) is 16.6. The molecule has 0 bridgehead atoms. The van der Waals surface area contributed by atoms with Crippen LogP contribution < -0.4 is 20.9 Å². The number of carbonyl (C=O) groups excluding carboxylic acids is 3. The van der Waals surface area contributed by atoms with Gasteiger partial charge in [0.1, 0.15) is 0 Å². The number of aryl methyl sites for hydroxylation is 1. The largest absolute Gasteiger partial charge is 0.347 e. The summed E-state index contributed by atoms with van der Waals surface area (Å²) in [5.74, 6) is -0.673. The van der Waals surface area contributed by atoms with Crippen molar-refractivity contribution in [2.24, 2.45) is 0 Å².